The highest BCUT2D eigenvalue weighted by Gasteiger charge is 2.18. The van der Waals surface area contributed by atoms with E-state index in [-0.39, 0.29) is 16.6 Å². The molecule has 9 heteroatoms. The zero-order valence-electron chi connectivity index (χ0n) is 16.3. The van der Waals surface area contributed by atoms with Crippen LogP contribution in [0.2, 0.25) is 0 Å². The van der Waals surface area contributed by atoms with E-state index in [0.717, 1.165) is 28.5 Å². The van der Waals surface area contributed by atoms with E-state index in [9.17, 15) is 13.6 Å². The Bertz CT molecular complexity index is 1270. The van der Waals surface area contributed by atoms with Gasteiger partial charge in [0.15, 0.2) is 11.0 Å². The fourth-order valence-corrected chi connectivity index (χ4v) is 3.85. The first-order valence-corrected chi connectivity index (χ1v) is 10.3. The van der Waals surface area contributed by atoms with Gasteiger partial charge < -0.3 is 4.52 Å². The molecule has 0 aliphatic rings. The summed E-state index contributed by atoms with van der Waals surface area (Å²) in [7, 11) is 0. The first-order chi connectivity index (χ1) is 14.4. The lowest BCUT2D eigenvalue weighted by atomic mass is 10.1. The molecule has 2 aromatic heterocycles. The molecule has 0 spiro atoms. The molecule has 0 aliphatic heterocycles. The molecule has 0 radical (unpaired) electrons. The van der Waals surface area contributed by atoms with Crippen LogP contribution < -0.4 is 5.56 Å². The van der Waals surface area contributed by atoms with Gasteiger partial charge in [-0.05, 0) is 30.2 Å². The lowest BCUT2D eigenvalue weighted by molar-refractivity contribution is 0.382. The molecule has 154 valence electrons. The molecule has 0 N–H and O–H groups in total. The van der Waals surface area contributed by atoms with Gasteiger partial charge in [-0.2, -0.15) is 4.98 Å². The van der Waals surface area contributed by atoms with Crippen LogP contribution in [0.3, 0.4) is 0 Å². The lowest BCUT2D eigenvalue weighted by Crippen LogP contribution is -2.22. The topological polar surface area (TPSA) is 73.8 Å². The third-order valence-electron chi connectivity index (χ3n) is 4.32. The van der Waals surface area contributed by atoms with E-state index in [1.165, 1.54) is 6.07 Å². The Morgan fingerprint density at radius 2 is 1.93 bits per heavy atom. The molecule has 0 saturated heterocycles. The monoisotopic (exact) mass is 428 g/mol. The minimum Gasteiger partial charge on any atom is -0.338 e. The number of fused-ring (bicyclic) bond motifs is 1. The summed E-state index contributed by atoms with van der Waals surface area (Å²) >= 11 is 1.16. The van der Waals surface area contributed by atoms with Gasteiger partial charge >= 0.3 is 0 Å². The summed E-state index contributed by atoms with van der Waals surface area (Å²) in [5.41, 5.74) is -0.0393. The van der Waals surface area contributed by atoms with Crippen molar-refractivity contribution in [2.75, 3.05) is 0 Å². The summed E-state index contributed by atoms with van der Waals surface area (Å²) in [5.74, 6) is 0.0394. The van der Waals surface area contributed by atoms with Crippen molar-refractivity contribution in [2.24, 2.45) is 5.92 Å². The fourth-order valence-electron chi connectivity index (χ4n) is 3.01. The maximum Gasteiger partial charge on any atom is 0.266 e. The van der Waals surface area contributed by atoms with Crippen LogP contribution in [0.1, 0.15) is 25.6 Å². The van der Waals surface area contributed by atoms with Gasteiger partial charge in [0.05, 0.1) is 22.3 Å². The highest BCUT2D eigenvalue weighted by molar-refractivity contribution is 7.98. The fraction of sp³-hybridized carbons (Fsp3) is 0.238. The van der Waals surface area contributed by atoms with E-state index >= 15 is 0 Å². The molecular weight excluding hydrogens is 410 g/mol. The van der Waals surface area contributed by atoms with Gasteiger partial charge in [-0.3, -0.25) is 9.36 Å². The van der Waals surface area contributed by atoms with Crippen LogP contribution >= 0.6 is 11.8 Å². The molecule has 30 heavy (non-hydrogen) atoms. The molecule has 6 nitrogen and oxygen atoms in total. The number of rotatable bonds is 6. The second-order valence-corrected chi connectivity index (χ2v) is 8.08. The van der Waals surface area contributed by atoms with E-state index in [2.05, 4.69) is 29.0 Å². The van der Waals surface area contributed by atoms with Gasteiger partial charge in [-0.25, -0.2) is 13.8 Å². The average molecular weight is 428 g/mol. The Hall–Kier alpha value is -3.07. The summed E-state index contributed by atoms with van der Waals surface area (Å²) in [4.78, 5) is 22.0. The Labute approximate surface area is 175 Å². The summed E-state index contributed by atoms with van der Waals surface area (Å²) < 4.78 is 34.3. The summed E-state index contributed by atoms with van der Waals surface area (Å²) in [6.07, 6.45) is 0.688. The number of benzene rings is 2. The molecule has 0 amide bonds. The number of thioether (sulfide) groups is 1. The van der Waals surface area contributed by atoms with E-state index in [4.69, 9.17) is 4.52 Å². The maximum absolute atomic E-state index is 14.5. The summed E-state index contributed by atoms with van der Waals surface area (Å²) in [6.45, 7) is 4.11. The normalized spacial score (nSPS) is 11.5. The SMILES string of the molecule is CC(C)Cc1noc(CSc2nc3ccccc3c(=O)n2-c2ccc(F)cc2F)n1. The molecule has 0 bridgehead atoms. The largest absolute Gasteiger partial charge is 0.338 e. The van der Waals surface area contributed by atoms with Crippen LogP contribution in [-0.2, 0) is 12.2 Å². The van der Waals surface area contributed by atoms with Crippen molar-refractivity contribution in [3.63, 3.8) is 0 Å². The first-order valence-electron chi connectivity index (χ1n) is 9.34. The highest BCUT2D eigenvalue weighted by atomic mass is 32.2. The Morgan fingerprint density at radius 3 is 2.70 bits per heavy atom. The van der Waals surface area contributed by atoms with Crippen molar-refractivity contribution in [1.82, 2.24) is 19.7 Å². The van der Waals surface area contributed by atoms with Crippen LogP contribution in [0.15, 0.2) is 56.9 Å². The standard InChI is InChI=1S/C21H18F2N4O2S/c1-12(2)9-18-25-19(29-26-18)11-30-21-24-16-6-4-3-5-14(16)20(28)27(21)17-8-7-13(22)10-15(17)23/h3-8,10,12H,9,11H2,1-2H3. The molecule has 0 unspecified atom stereocenters. The Balaban J connectivity index is 1.76. The van der Waals surface area contributed by atoms with Crippen LogP contribution in [0.5, 0.6) is 0 Å². The molecule has 2 heterocycles. The van der Waals surface area contributed by atoms with Crippen LogP contribution in [0.4, 0.5) is 8.78 Å². The van der Waals surface area contributed by atoms with Crippen LogP contribution in [0.25, 0.3) is 16.6 Å². The first kappa shape index (κ1) is 20.2. The predicted molar refractivity (Wildman–Crippen MR) is 110 cm³/mol. The van der Waals surface area contributed by atoms with E-state index in [1.54, 1.807) is 24.3 Å². The second-order valence-electron chi connectivity index (χ2n) is 7.14. The van der Waals surface area contributed by atoms with E-state index in [1.807, 2.05) is 0 Å². The van der Waals surface area contributed by atoms with Crippen molar-refractivity contribution in [3.8, 4) is 5.69 Å². The quantitative estimate of drug-likeness (QED) is 0.332. The maximum atomic E-state index is 14.5. The zero-order chi connectivity index (χ0) is 21.3. The third kappa shape index (κ3) is 4.11. The van der Waals surface area contributed by atoms with Gasteiger partial charge in [0.25, 0.3) is 5.56 Å². The second kappa shape index (κ2) is 8.35. The number of halogens is 2. The van der Waals surface area contributed by atoms with Gasteiger partial charge in [-0.1, -0.05) is 42.9 Å². The molecule has 0 aliphatic carbocycles. The molecule has 0 fully saturated rings. The molecule has 0 saturated carbocycles. The lowest BCUT2D eigenvalue weighted by Gasteiger charge is -2.13. The molecule has 0 atom stereocenters. The molecule has 2 aromatic carbocycles. The Morgan fingerprint density at radius 1 is 1.13 bits per heavy atom. The van der Waals surface area contributed by atoms with Crippen LogP contribution in [0, 0.1) is 17.6 Å². The van der Waals surface area contributed by atoms with Crippen molar-refractivity contribution < 1.29 is 13.3 Å². The number of hydrogen-bond acceptors (Lipinski definition) is 6. The smallest absolute Gasteiger partial charge is 0.266 e. The molecule has 4 aromatic rings. The number of nitrogens with zero attached hydrogens (tertiary/aromatic N) is 4. The van der Waals surface area contributed by atoms with Gasteiger partial charge in [0.2, 0.25) is 5.89 Å². The van der Waals surface area contributed by atoms with Gasteiger partial charge in [0, 0.05) is 12.5 Å². The van der Waals surface area contributed by atoms with E-state index < -0.39 is 17.2 Å². The number of hydrogen-bond donors (Lipinski definition) is 0. The van der Waals surface area contributed by atoms with Crippen molar-refractivity contribution in [2.45, 2.75) is 31.2 Å². The third-order valence-corrected chi connectivity index (χ3v) is 5.24. The van der Waals surface area contributed by atoms with Gasteiger partial charge in [0.1, 0.15) is 11.6 Å². The average Bonchev–Trinajstić information content (AvgIpc) is 3.14. The minimum atomic E-state index is -0.854. The summed E-state index contributed by atoms with van der Waals surface area (Å²) in [6, 6.07) is 9.86. The number of aromatic nitrogens is 4. The van der Waals surface area contributed by atoms with Crippen molar-refractivity contribution in [1.29, 1.82) is 0 Å². The van der Waals surface area contributed by atoms with Crippen LogP contribution in [-0.4, -0.2) is 19.7 Å². The van der Waals surface area contributed by atoms with Crippen molar-refractivity contribution in [3.05, 3.63) is 76.2 Å². The van der Waals surface area contributed by atoms with E-state index in [0.29, 0.717) is 35.0 Å². The summed E-state index contributed by atoms with van der Waals surface area (Å²) in [5, 5.41) is 4.53. The molecular formula is C21H18F2N4O2S. The Kier molecular flexibility index (Phi) is 5.63. The minimum absolute atomic E-state index is 0.0758. The number of para-hydroxylation sites is 1. The predicted octanol–water partition coefficient (Wildman–Crippen LogP) is 4.54. The highest BCUT2D eigenvalue weighted by Crippen LogP contribution is 2.25. The molecule has 4 rings (SSSR count). The zero-order valence-corrected chi connectivity index (χ0v) is 17.1. The van der Waals surface area contributed by atoms with Gasteiger partial charge in [-0.15, -0.1) is 0 Å². The van der Waals surface area contributed by atoms with Crippen molar-refractivity contribution >= 4 is 22.7 Å².